The number of fused-ring (bicyclic) bond motifs is 1. The highest BCUT2D eigenvalue weighted by Gasteiger charge is 2.21. The summed E-state index contributed by atoms with van der Waals surface area (Å²) in [6.07, 6.45) is 3.86. The first kappa shape index (κ1) is 12.3. The predicted octanol–water partition coefficient (Wildman–Crippen LogP) is 5.46. The van der Waals surface area contributed by atoms with Gasteiger partial charge in [-0.1, -0.05) is 24.6 Å². The molecule has 1 fully saturated rings. The summed E-state index contributed by atoms with van der Waals surface area (Å²) in [6, 6.07) is 12.3. The Balaban J connectivity index is 1.69. The van der Waals surface area contributed by atoms with Gasteiger partial charge in [0.15, 0.2) is 0 Å². The van der Waals surface area contributed by atoms with Crippen LogP contribution in [0.5, 0.6) is 0 Å². The highest BCUT2D eigenvalue weighted by molar-refractivity contribution is 7.28. The predicted molar refractivity (Wildman–Crippen MR) is 86.2 cm³/mol. The van der Waals surface area contributed by atoms with Crippen LogP contribution < -0.4 is 0 Å². The van der Waals surface area contributed by atoms with E-state index in [0.29, 0.717) is 5.92 Å². The van der Waals surface area contributed by atoms with Crippen molar-refractivity contribution in [3.05, 3.63) is 57.8 Å². The van der Waals surface area contributed by atoms with Crippen LogP contribution in [0.1, 0.15) is 46.0 Å². The Labute approximate surface area is 125 Å². The molecule has 0 atom stereocenters. The van der Waals surface area contributed by atoms with Crippen LogP contribution in [-0.4, -0.2) is 5.78 Å². The highest BCUT2D eigenvalue weighted by atomic mass is 32.1. The van der Waals surface area contributed by atoms with Gasteiger partial charge < -0.3 is 0 Å². The van der Waals surface area contributed by atoms with E-state index in [2.05, 4.69) is 23.6 Å². The smallest absolute Gasteiger partial charge is 0.203 e. The van der Waals surface area contributed by atoms with Gasteiger partial charge in [-0.05, 0) is 47.9 Å². The first-order chi connectivity index (χ1) is 9.81. The van der Waals surface area contributed by atoms with Crippen molar-refractivity contribution < 1.29 is 4.79 Å². The number of benzene rings is 1. The van der Waals surface area contributed by atoms with Crippen LogP contribution in [0, 0.1) is 0 Å². The number of rotatable bonds is 3. The van der Waals surface area contributed by atoms with Gasteiger partial charge in [-0.15, -0.1) is 22.7 Å². The Morgan fingerprint density at radius 2 is 2.00 bits per heavy atom. The monoisotopic (exact) mass is 298 g/mol. The molecule has 0 spiro atoms. The van der Waals surface area contributed by atoms with Gasteiger partial charge in [0.1, 0.15) is 0 Å². The van der Waals surface area contributed by atoms with Crippen molar-refractivity contribution in [1.82, 2.24) is 0 Å². The normalized spacial score (nSPS) is 15.4. The van der Waals surface area contributed by atoms with Gasteiger partial charge in [-0.2, -0.15) is 0 Å². The van der Waals surface area contributed by atoms with Gasteiger partial charge in [-0.3, -0.25) is 4.79 Å². The van der Waals surface area contributed by atoms with Crippen LogP contribution in [0.25, 0.3) is 9.40 Å². The van der Waals surface area contributed by atoms with Crippen LogP contribution >= 0.6 is 22.7 Å². The molecule has 1 aliphatic carbocycles. The van der Waals surface area contributed by atoms with E-state index in [-0.39, 0.29) is 5.78 Å². The molecule has 1 aliphatic rings. The molecule has 0 bridgehead atoms. The van der Waals surface area contributed by atoms with E-state index in [4.69, 9.17) is 0 Å². The fourth-order valence-electron chi connectivity index (χ4n) is 2.70. The van der Waals surface area contributed by atoms with Crippen molar-refractivity contribution >= 4 is 37.9 Å². The summed E-state index contributed by atoms with van der Waals surface area (Å²) in [5.74, 6) is 0.842. The van der Waals surface area contributed by atoms with Crippen LogP contribution in [0.4, 0.5) is 0 Å². The molecular weight excluding hydrogens is 284 g/mol. The molecule has 1 saturated carbocycles. The van der Waals surface area contributed by atoms with Crippen LogP contribution in [0.3, 0.4) is 0 Å². The number of hydrogen-bond donors (Lipinski definition) is 0. The summed E-state index contributed by atoms with van der Waals surface area (Å²) in [7, 11) is 0. The van der Waals surface area contributed by atoms with Gasteiger partial charge in [0.05, 0.1) is 4.88 Å². The van der Waals surface area contributed by atoms with Crippen molar-refractivity contribution in [3.63, 3.8) is 0 Å². The minimum atomic E-state index is 0.166. The van der Waals surface area contributed by atoms with Gasteiger partial charge in [0.2, 0.25) is 5.78 Å². The number of ketones is 1. The second-order valence-corrected chi connectivity index (χ2v) is 7.37. The summed E-state index contributed by atoms with van der Waals surface area (Å²) in [5.41, 5.74) is 2.17. The number of hydrogen-bond acceptors (Lipinski definition) is 3. The van der Waals surface area contributed by atoms with Gasteiger partial charge >= 0.3 is 0 Å². The average Bonchev–Trinajstić information content (AvgIpc) is 2.96. The molecule has 2 aromatic heterocycles. The third-order valence-electron chi connectivity index (χ3n) is 4.09. The number of carbonyl (C=O) groups excluding carboxylic acids is 1. The molecule has 0 saturated heterocycles. The second kappa shape index (κ2) is 4.83. The SMILES string of the molecule is O=C(c1cccc(C2CCC2)c1)c1cc2sccc2s1. The molecule has 3 heteroatoms. The molecule has 0 amide bonds. The average molecular weight is 298 g/mol. The van der Waals surface area contributed by atoms with E-state index < -0.39 is 0 Å². The Bertz CT molecular complexity index is 748. The lowest BCUT2D eigenvalue weighted by molar-refractivity contribution is 0.104. The zero-order chi connectivity index (χ0) is 13.5. The Hall–Kier alpha value is -1.45. The third-order valence-corrected chi connectivity index (χ3v) is 6.18. The minimum Gasteiger partial charge on any atom is -0.288 e. The Morgan fingerprint density at radius 3 is 2.75 bits per heavy atom. The fourth-order valence-corrected chi connectivity index (χ4v) is 4.77. The molecule has 3 aromatic rings. The summed E-state index contributed by atoms with van der Waals surface area (Å²) in [4.78, 5) is 13.5. The first-order valence-corrected chi connectivity index (χ1v) is 8.62. The lowest BCUT2D eigenvalue weighted by Gasteiger charge is -2.26. The van der Waals surface area contributed by atoms with E-state index in [0.717, 1.165) is 10.4 Å². The van der Waals surface area contributed by atoms with Crippen molar-refractivity contribution in [2.45, 2.75) is 25.2 Å². The summed E-state index contributed by atoms with van der Waals surface area (Å²) in [6.45, 7) is 0. The number of thiophene rings is 2. The Kier molecular flexibility index (Phi) is 2.97. The van der Waals surface area contributed by atoms with E-state index in [1.165, 1.54) is 34.2 Å². The summed E-state index contributed by atoms with van der Waals surface area (Å²) < 4.78 is 2.43. The van der Waals surface area contributed by atoms with Crippen LogP contribution in [-0.2, 0) is 0 Å². The van der Waals surface area contributed by atoms with Crippen LogP contribution in [0.2, 0.25) is 0 Å². The van der Waals surface area contributed by atoms with Gasteiger partial charge in [0.25, 0.3) is 0 Å². The molecule has 1 aromatic carbocycles. The van der Waals surface area contributed by atoms with Crippen molar-refractivity contribution in [3.8, 4) is 0 Å². The molecule has 0 radical (unpaired) electrons. The maximum atomic E-state index is 12.6. The van der Waals surface area contributed by atoms with E-state index >= 15 is 0 Å². The molecule has 0 aliphatic heterocycles. The summed E-state index contributed by atoms with van der Waals surface area (Å²) in [5, 5.41) is 2.08. The first-order valence-electron chi connectivity index (χ1n) is 6.93. The topological polar surface area (TPSA) is 17.1 Å². The van der Waals surface area contributed by atoms with E-state index in [1.54, 1.807) is 22.7 Å². The zero-order valence-electron chi connectivity index (χ0n) is 11.0. The van der Waals surface area contributed by atoms with E-state index in [9.17, 15) is 4.79 Å². The van der Waals surface area contributed by atoms with Crippen LogP contribution in [0.15, 0.2) is 41.8 Å². The molecule has 4 rings (SSSR count). The molecule has 100 valence electrons. The number of carbonyl (C=O) groups is 1. The van der Waals surface area contributed by atoms with Crippen molar-refractivity contribution in [1.29, 1.82) is 0 Å². The zero-order valence-corrected chi connectivity index (χ0v) is 12.6. The van der Waals surface area contributed by atoms with Gasteiger partial charge in [-0.25, -0.2) is 0 Å². The quantitative estimate of drug-likeness (QED) is 0.587. The summed E-state index contributed by atoms with van der Waals surface area (Å²) >= 11 is 3.30. The van der Waals surface area contributed by atoms with Crippen molar-refractivity contribution in [2.24, 2.45) is 0 Å². The standard InChI is InChI=1S/C17H14OS2/c18-17(16-10-15-14(20-16)7-8-19-15)13-6-2-5-12(9-13)11-3-1-4-11/h2,5-11H,1,3-4H2. The lowest BCUT2D eigenvalue weighted by atomic mass is 9.79. The van der Waals surface area contributed by atoms with Gasteiger partial charge in [0, 0.05) is 15.0 Å². The van der Waals surface area contributed by atoms with E-state index in [1.807, 2.05) is 18.2 Å². The molecule has 2 heterocycles. The molecular formula is C17H14OS2. The largest absolute Gasteiger partial charge is 0.288 e. The maximum absolute atomic E-state index is 12.6. The molecule has 0 N–H and O–H groups in total. The maximum Gasteiger partial charge on any atom is 0.203 e. The highest BCUT2D eigenvalue weighted by Crippen LogP contribution is 2.37. The molecule has 20 heavy (non-hydrogen) atoms. The fraction of sp³-hybridized carbons (Fsp3) is 0.235. The van der Waals surface area contributed by atoms with Crippen molar-refractivity contribution in [2.75, 3.05) is 0 Å². The third kappa shape index (κ3) is 2.02. The molecule has 1 nitrogen and oxygen atoms in total. The minimum absolute atomic E-state index is 0.166. The molecule has 0 unspecified atom stereocenters. The lowest BCUT2D eigenvalue weighted by Crippen LogP contribution is -2.09. The Morgan fingerprint density at radius 1 is 1.10 bits per heavy atom. The second-order valence-electron chi connectivity index (χ2n) is 5.34.